The fourth-order valence-corrected chi connectivity index (χ4v) is 2.94. The summed E-state index contributed by atoms with van der Waals surface area (Å²) in [5, 5.41) is 6.19. The van der Waals surface area contributed by atoms with Gasteiger partial charge in [0.25, 0.3) is 0 Å². The van der Waals surface area contributed by atoms with Crippen molar-refractivity contribution >= 4 is 23.3 Å². The van der Waals surface area contributed by atoms with Crippen LogP contribution in [0.3, 0.4) is 0 Å². The maximum atomic E-state index is 11.7. The van der Waals surface area contributed by atoms with E-state index in [4.69, 9.17) is 4.74 Å². The van der Waals surface area contributed by atoms with E-state index in [0.29, 0.717) is 18.2 Å². The third-order valence-corrected chi connectivity index (χ3v) is 3.87. The number of anilines is 1. The lowest BCUT2D eigenvalue weighted by Crippen LogP contribution is -2.23. The van der Waals surface area contributed by atoms with E-state index in [1.807, 2.05) is 9.95 Å². The number of hydrogen-bond donors (Lipinski definition) is 1. The Balaban J connectivity index is 1.94. The minimum atomic E-state index is -0.385. The Morgan fingerprint density at radius 2 is 2.58 bits per heavy atom. The number of ether oxygens (including phenoxy) is 1. The summed E-state index contributed by atoms with van der Waals surface area (Å²) in [4.78, 5) is 20.4. The molecule has 0 fully saturated rings. The van der Waals surface area contributed by atoms with Crippen LogP contribution in [0.25, 0.3) is 0 Å². The van der Waals surface area contributed by atoms with Crippen molar-refractivity contribution in [3.05, 3.63) is 28.5 Å². The zero-order valence-electron chi connectivity index (χ0n) is 10.5. The van der Waals surface area contributed by atoms with Crippen molar-refractivity contribution in [2.75, 3.05) is 18.5 Å². The maximum Gasteiger partial charge on any atom is 0.358 e. The molecule has 6 nitrogen and oxygen atoms in total. The molecule has 7 heteroatoms. The summed E-state index contributed by atoms with van der Waals surface area (Å²) < 4.78 is 6.94. The van der Waals surface area contributed by atoms with Gasteiger partial charge in [0, 0.05) is 24.3 Å². The monoisotopic (exact) mass is 278 g/mol. The average molecular weight is 278 g/mol. The van der Waals surface area contributed by atoms with Crippen molar-refractivity contribution in [3.63, 3.8) is 0 Å². The highest BCUT2D eigenvalue weighted by Crippen LogP contribution is 2.30. The molecule has 0 saturated heterocycles. The predicted octanol–water partition coefficient (Wildman–Crippen LogP) is 1.92. The molecule has 1 aliphatic heterocycles. The first-order valence-electron chi connectivity index (χ1n) is 6.19. The molecule has 0 spiro atoms. The topological polar surface area (TPSA) is 69.0 Å². The van der Waals surface area contributed by atoms with Crippen molar-refractivity contribution in [1.82, 2.24) is 14.5 Å². The average Bonchev–Trinajstić information content (AvgIpc) is 3.07. The number of hydrogen-bond acceptors (Lipinski definition) is 6. The molecule has 1 N–H and O–H groups in total. The van der Waals surface area contributed by atoms with Crippen LogP contribution in [0.2, 0.25) is 0 Å². The quantitative estimate of drug-likeness (QED) is 0.869. The second-order valence-electron chi connectivity index (χ2n) is 4.18. The van der Waals surface area contributed by atoms with E-state index in [2.05, 4.69) is 15.3 Å². The molecule has 100 valence electrons. The summed E-state index contributed by atoms with van der Waals surface area (Å²) in [6.45, 7) is 2.96. The zero-order valence-corrected chi connectivity index (χ0v) is 11.3. The van der Waals surface area contributed by atoms with Gasteiger partial charge in [-0.1, -0.05) is 0 Å². The Kier molecular flexibility index (Phi) is 3.20. The molecule has 0 amide bonds. The molecular formula is C12H14N4O2S. The minimum absolute atomic E-state index is 0.145. The van der Waals surface area contributed by atoms with Gasteiger partial charge in [0.05, 0.1) is 12.6 Å². The molecule has 2 aromatic heterocycles. The van der Waals surface area contributed by atoms with Gasteiger partial charge in [0.15, 0.2) is 5.69 Å². The van der Waals surface area contributed by atoms with Gasteiger partial charge in [0.2, 0.25) is 5.95 Å². The number of nitrogens with zero attached hydrogens (tertiary/aromatic N) is 3. The highest BCUT2D eigenvalue weighted by molar-refractivity contribution is 7.09. The molecule has 1 atom stereocenters. The van der Waals surface area contributed by atoms with Crippen LogP contribution in [0.1, 0.15) is 34.9 Å². The van der Waals surface area contributed by atoms with Crippen LogP contribution >= 0.6 is 11.3 Å². The highest BCUT2D eigenvalue weighted by atomic mass is 32.1. The Bertz CT molecular complexity index is 579. The predicted molar refractivity (Wildman–Crippen MR) is 71.5 cm³/mol. The SMILES string of the molecule is CCOC(=O)c1cn2c(n1)NCCC2c1nccs1. The number of imidazole rings is 1. The Morgan fingerprint density at radius 1 is 1.68 bits per heavy atom. The van der Waals surface area contributed by atoms with Crippen LogP contribution in [0, 0.1) is 0 Å². The van der Waals surface area contributed by atoms with Gasteiger partial charge < -0.3 is 14.6 Å². The van der Waals surface area contributed by atoms with Crippen molar-refractivity contribution in [1.29, 1.82) is 0 Å². The summed E-state index contributed by atoms with van der Waals surface area (Å²) in [5.74, 6) is 0.318. The van der Waals surface area contributed by atoms with Crippen molar-refractivity contribution in [3.8, 4) is 0 Å². The first-order valence-corrected chi connectivity index (χ1v) is 7.07. The fraction of sp³-hybridized carbons (Fsp3) is 0.417. The molecule has 1 aliphatic rings. The Labute approximate surface area is 114 Å². The number of aromatic nitrogens is 3. The van der Waals surface area contributed by atoms with Crippen molar-refractivity contribution < 1.29 is 9.53 Å². The van der Waals surface area contributed by atoms with Crippen LogP contribution in [-0.4, -0.2) is 33.7 Å². The molecule has 0 saturated carbocycles. The van der Waals surface area contributed by atoms with Gasteiger partial charge in [-0.25, -0.2) is 14.8 Å². The van der Waals surface area contributed by atoms with E-state index in [0.717, 1.165) is 18.0 Å². The second-order valence-corrected chi connectivity index (χ2v) is 5.11. The largest absolute Gasteiger partial charge is 0.461 e. The first kappa shape index (κ1) is 12.2. The number of carbonyl (C=O) groups excluding carboxylic acids is 1. The number of fused-ring (bicyclic) bond motifs is 1. The molecule has 3 rings (SSSR count). The highest BCUT2D eigenvalue weighted by Gasteiger charge is 2.26. The lowest BCUT2D eigenvalue weighted by Gasteiger charge is -2.24. The van der Waals surface area contributed by atoms with E-state index >= 15 is 0 Å². The summed E-state index contributed by atoms with van der Waals surface area (Å²) in [5.41, 5.74) is 0.341. The molecular weight excluding hydrogens is 264 g/mol. The summed E-state index contributed by atoms with van der Waals surface area (Å²) >= 11 is 1.62. The zero-order chi connectivity index (χ0) is 13.2. The number of rotatable bonds is 3. The minimum Gasteiger partial charge on any atom is -0.461 e. The molecule has 2 aromatic rings. The van der Waals surface area contributed by atoms with Crippen LogP contribution in [-0.2, 0) is 4.74 Å². The summed E-state index contributed by atoms with van der Waals surface area (Å²) in [6.07, 6.45) is 4.47. The van der Waals surface area contributed by atoms with Crippen molar-refractivity contribution in [2.45, 2.75) is 19.4 Å². The van der Waals surface area contributed by atoms with E-state index in [1.54, 1.807) is 30.7 Å². The van der Waals surface area contributed by atoms with E-state index in [9.17, 15) is 4.79 Å². The lowest BCUT2D eigenvalue weighted by molar-refractivity contribution is 0.0520. The number of esters is 1. The lowest BCUT2D eigenvalue weighted by atomic mass is 10.2. The van der Waals surface area contributed by atoms with E-state index in [-0.39, 0.29) is 12.0 Å². The van der Waals surface area contributed by atoms with Gasteiger partial charge in [0.1, 0.15) is 5.01 Å². The van der Waals surface area contributed by atoms with Gasteiger partial charge in [-0.05, 0) is 13.3 Å². The van der Waals surface area contributed by atoms with Gasteiger partial charge in [-0.15, -0.1) is 11.3 Å². The Morgan fingerprint density at radius 3 is 3.32 bits per heavy atom. The number of thiazole rings is 1. The molecule has 0 bridgehead atoms. The molecule has 0 radical (unpaired) electrons. The standard InChI is InChI=1S/C12H14N4O2S/c1-2-18-11(17)8-7-16-9(10-13-5-6-19-10)3-4-14-12(16)15-8/h5-7,9H,2-4H2,1H3,(H,14,15). The molecule has 0 aliphatic carbocycles. The van der Waals surface area contributed by atoms with Crippen LogP contribution in [0.15, 0.2) is 17.8 Å². The molecule has 0 aromatic carbocycles. The fourth-order valence-electron chi connectivity index (χ4n) is 2.17. The second kappa shape index (κ2) is 5.00. The van der Waals surface area contributed by atoms with Crippen LogP contribution < -0.4 is 5.32 Å². The van der Waals surface area contributed by atoms with Crippen molar-refractivity contribution in [2.24, 2.45) is 0 Å². The van der Waals surface area contributed by atoms with E-state index in [1.165, 1.54) is 0 Å². The van der Waals surface area contributed by atoms with Crippen LogP contribution in [0.4, 0.5) is 5.95 Å². The molecule has 1 unspecified atom stereocenters. The normalized spacial score (nSPS) is 17.6. The number of carbonyl (C=O) groups is 1. The Hall–Kier alpha value is -1.89. The summed E-state index contributed by atoms with van der Waals surface area (Å²) in [7, 11) is 0. The van der Waals surface area contributed by atoms with E-state index < -0.39 is 0 Å². The molecule has 3 heterocycles. The maximum absolute atomic E-state index is 11.7. The number of nitrogens with one attached hydrogen (secondary N) is 1. The van der Waals surface area contributed by atoms with Gasteiger partial charge >= 0.3 is 5.97 Å². The third kappa shape index (κ3) is 2.21. The third-order valence-electron chi connectivity index (χ3n) is 2.99. The van der Waals surface area contributed by atoms with Gasteiger partial charge in [-0.2, -0.15) is 0 Å². The summed E-state index contributed by atoms with van der Waals surface area (Å²) in [6, 6.07) is 0.145. The van der Waals surface area contributed by atoms with Crippen LogP contribution in [0.5, 0.6) is 0 Å². The molecule has 19 heavy (non-hydrogen) atoms. The smallest absolute Gasteiger partial charge is 0.358 e. The van der Waals surface area contributed by atoms with Gasteiger partial charge in [-0.3, -0.25) is 0 Å². The first-order chi connectivity index (χ1) is 9.29.